The van der Waals surface area contributed by atoms with Crippen molar-refractivity contribution in [3.05, 3.63) is 0 Å². The zero-order valence-electron chi connectivity index (χ0n) is 66.9. The third-order valence-corrected chi connectivity index (χ3v) is 21.4. The van der Waals surface area contributed by atoms with Gasteiger partial charge in [0.15, 0.2) is 12.2 Å². The Bertz CT molecular complexity index is 1960. The van der Waals surface area contributed by atoms with Gasteiger partial charge < -0.3 is 33.8 Å². The first-order valence-electron chi connectivity index (χ1n) is 43.0. The van der Waals surface area contributed by atoms with Crippen LogP contribution < -0.4 is 0 Å². The fraction of sp³-hybridized carbons (Fsp3) is 0.952. The van der Waals surface area contributed by atoms with Crippen LogP contribution in [0.5, 0.6) is 0 Å². The van der Waals surface area contributed by atoms with E-state index < -0.39 is 97.5 Å². The third kappa shape index (κ3) is 76.3. The molecule has 0 saturated heterocycles. The Kier molecular flexibility index (Phi) is 73.1. The summed E-state index contributed by atoms with van der Waals surface area (Å²) >= 11 is 0. The van der Waals surface area contributed by atoms with Gasteiger partial charge in [0.25, 0.3) is 0 Å². The van der Waals surface area contributed by atoms with Crippen LogP contribution in [0.1, 0.15) is 440 Å². The Hall–Kier alpha value is -1.94. The van der Waals surface area contributed by atoms with Crippen molar-refractivity contribution in [1.82, 2.24) is 0 Å². The van der Waals surface area contributed by atoms with Crippen molar-refractivity contribution in [1.29, 1.82) is 0 Å². The van der Waals surface area contributed by atoms with Crippen LogP contribution in [-0.2, 0) is 65.4 Å². The molecule has 0 fully saturated rings. The first kappa shape index (κ1) is 100. The summed E-state index contributed by atoms with van der Waals surface area (Å²) in [5, 5.41) is 10.7. The normalized spacial score (nSPS) is 13.9. The number of rotatable bonds is 82. The maximum atomic E-state index is 13.1. The zero-order valence-corrected chi connectivity index (χ0v) is 68.7. The van der Waals surface area contributed by atoms with Crippen LogP contribution in [0.25, 0.3) is 0 Å². The highest BCUT2D eigenvalue weighted by molar-refractivity contribution is 7.47. The Morgan fingerprint density at radius 1 is 0.265 bits per heavy atom. The topological polar surface area (TPSA) is 237 Å². The number of carbonyl (C=O) groups excluding carboxylic acids is 4. The van der Waals surface area contributed by atoms with Gasteiger partial charge in [-0.05, 0) is 37.5 Å². The molecule has 0 amide bonds. The second-order valence-electron chi connectivity index (χ2n) is 30.8. The highest BCUT2D eigenvalue weighted by atomic mass is 31.2. The Morgan fingerprint density at radius 2 is 0.451 bits per heavy atom. The van der Waals surface area contributed by atoms with Gasteiger partial charge in [0.05, 0.1) is 26.4 Å². The number of esters is 4. The molecule has 0 saturated carbocycles. The van der Waals surface area contributed by atoms with Crippen molar-refractivity contribution in [2.75, 3.05) is 39.6 Å². The smallest absolute Gasteiger partial charge is 0.462 e. The van der Waals surface area contributed by atoms with Gasteiger partial charge in [-0.1, -0.05) is 388 Å². The molecular weight excluding hydrogens is 1330 g/mol. The third-order valence-electron chi connectivity index (χ3n) is 19.5. The molecule has 0 rings (SSSR count). The SMILES string of the molecule is CCCCCCCCCCCCCCCCCCCC(=O)OC[C@H](COP(=O)(O)OC[C@@H](O)COP(=O)(O)OC[C@@H](COC(=O)CCCCCCCCCCCC(C)C)OC(=O)CCCCCCCCCCCCCCCC)OC(=O)CCCCCCCCCCCCCCCCCCC(C)C. The number of ether oxygens (including phenoxy) is 4. The van der Waals surface area contributed by atoms with Crippen LogP contribution in [0, 0.1) is 11.8 Å². The molecule has 0 aromatic rings. The fourth-order valence-electron chi connectivity index (χ4n) is 12.9. The lowest BCUT2D eigenvalue weighted by atomic mass is 10.0. The van der Waals surface area contributed by atoms with E-state index in [9.17, 15) is 43.2 Å². The number of hydrogen-bond acceptors (Lipinski definition) is 15. The molecule has 0 spiro atoms. The van der Waals surface area contributed by atoms with Gasteiger partial charge in [-0.2, -0.15) is 0 Å². The second-order valence-corrected chi connectivity index (χ2v) is 33.7. The van der Waals surface area contributed by atoms with Gasteiger partial charge in [-0.25, -0.2) is 9.13 Å². The summed E-state index contributed by atoms with van der Waals surface area (Å²) in [6.07, 6.45) is 65.1. The standard InChI is InChI=1S/C83H162O17P2/c1-7-9-11-13-15-17-19-21-23-24-28-32-35-41-47-53-59-65-80(85)93-71-78(99-83(88)68-62-56-50-43-37-33-29-26-25-27-30-34-39-45-51-57-63-75(3)4)73-97-101(89,90)95-69-77(84)70-96-102(91,92)98-74-79(72-94-81(86)66-60-54-48-44-38-40-46-52-58-64-76(5)6)100-82(87)67-61-55-49-42-36-31-22-20-18-16-14-12-10-8-2/h75-79,84H,7-74H2,1-6H3,(H,89,90)(H,91,92)/t77-,78-,79-/m1/s1. The molecule has 606 valence electrons. The van der Waals surface area contributed by atoms with Crippen LogP contribution >= 0.6 is 15.6 Å². The minimum atomic E-state index is -4.96. The molecule has 0 heterocycles. The van der Waals surface area contributed by atoms with E-state index in [1.165, 1.54) is 257 Å². The van der Waals surface area contributed by atoms with Gasteiger partial charge in [0.1, 0.15) is 19.3 Å². The molecule has 0 bridgehead atoms. The summed E-state index contributed by atoms with van der Waals surface area (Å²) in [4.78, 5) is 73.1. The van der Waals surface area contributed by atoms with Crippen molar-refractivity contribution in [3.8, 4) is 0 Å². The van der Waals surface area contributed by atoms with Crippen LogP contribution in [0.3, 0.4) is 0 Å². The molecule has 5 atom stereocenters. The number of hydrogen-bond donors (Lipinski definition) is 3. The largest absolute Gasteiger partial charge is 0.472 e. The van der Waals surface area contributed by atoms with Crippen LogP contribution in [0.15, 0.2) is 0 Å². The summed E-state index contributed by atoms with van der Waals surface area (Å²) in [6.45, 7) is 9.67. The van der Waals surface area contributed by atoms with E-state index in [0.29, 0.717) is 25.7 Å². The number of aliphatic hydroxyl groups excluding tert-OH is 1. The molecule has 17 nitrogen and oxygen atoms in total. The predicted molar refractivity (Wildman–Crippen MR) is 418 cm³/mol. The molecule has 2 unspecified atom stereocenters. The summed E-state index contributed by atoms with van der Waals surface area (Å²) in [5.74, 6) is -0.551. The Morgan fingerprint density at radius 3 is 0.667 bits per heavy atom. The molecule has 0 aromatic heterocycles. The second kappa shape index (κ2) is 74.5. The number of phosphoric acid groups is 2. The summed E-state index contributed by atoms with van der Waals surface area (Å²) in [5.41, 5.74) is 0. The van der Waals surface area contributed by atoms with Gasteiger partial charge in [-0.15, -0.1) is 0 Å². The number of carbonyl (C=O) groups is 4. The maximum absolute atomic E-state index is 13.1. The molecular formula is C83H162O17P2. The van der Waals surface area contributed by atoms with E-state index in [2.05, 4.69) is 41.5 Å². The molecule has 0 aromatic carbocycles. The van der Waals surface area contributed by atoms with Crippen LogP contribution in [0.2, 0.25) is 0 Å². The van der Waals surface area contributed by atoms with E-state index in [1.54, 1.807) is 0 Å². The monoisotopic (exact) mass is 1490 g/mol. The molecule has 3 N–H and O–H groups in total. The van der Waals surface area contributed by atoms with E-state index >= 15 is 0 Å². The van der Waals surface area contributed by atoms with E-state index in [1.807, 2.05) is 0 Å². The predicted octanol–water partition coefficient (Wildman–Crippen LogP) is 25.1. The van der Waals surface area contributed by atoms with Crippen LogP contribution in [0.4, 0.5) is 0 Å². The van der Waals surface area contributed by atoms with Gasteiger partial charge in [-0.3, -0.25) is 37.3 Å². The van der Waals surface area contributed by atoms with E-state index in [4.69, 9.17) is 37.0 Å². The van der Waals surface area contributed by atoms with Crippen LogP contribution in [-0.4, -0.2) is 96.7 Å². The van der Waals surface area contributed by atoms with Gasteiger partial charge in [0.2, 0.25) is 0 Å². The highest BCUT2D eigenvalue weighted by Gasteiger charge is 2.30. The molecule has 0 aliphatic rings. The number of unbranched alkanes of at least 4 members (excludes halogenated alkanes) is 52. The molecule has 0 radical (unpaired) electrons. The number of aliphatic hydroxyl groups is 1. The summed E-state index contributed by atoms with van der Waals surface area (Å²) in [7, 11) is -9.92. The average molecular weight is 1490 g/mol. The van der Waals surface area contributed by atoms with E-state index in [-0.39, 0.29) is 25.7 Å². The minimum Gasteiger partial charge on any atom is -0.462 e. The van der Waals surface area contributed by atoms with E-state index in [0.717, 1.165) is 102 Å². The lowest BCUT2D eigenvalue weighted by Crippen LogP contribution is -2.30. The lowest BCUT2D eigenvalue weighted by Gasteiger charge is -2.21. The minimum absolute atomic E-state index is 0.108. The highest BCUT2D eigenvalue weighted by Crippen LogP contribution is 2.45. The summed E-state index contributed by atoms with van der Waals surface area (Å²) in [6, 6.07) is 0. The fourth-order valence-corrected chi connectivity index (χ4v) is 14.5. The summed E-state index contributed by atoms with van der Waals surface area (Å²) < 4.78 is 68.8. The van der Waals surface area contributed by atoms with Crippen molar-refractivity contribution in [2.24, 2.45) is 11.8 Å². The average Bonchev–Trinajstić information content (AvgIpc) is 0.948. The Balaban J connectivity index is 5.26. The van der Waals surface area contributed by atoms with Crippen molar-refractivity contribution >= 4 is 39.5 Å². The molecule has 102 heavy (non-hydrogen) atoms. The number of phosphoric ester groups is 2. The first-order valence-corrected chi connectivity index (χ1v) is 46.0. The van der Waals surface area contributed by atoms with Gasteiger partial charge >= 0.3 is 39.5 Å². The maximum Gasteiger partial charge on any atom is 0.472 e. The quantitative estimate of drug-likeness (QED) is 0.0222. The van der Waals surface area contributed by atoms with Crippen molar-refractivity contribution in [2.45, 2.75) is 458 Å². The molecule has 19 heteroatoms. The molecule has 0 aliphatic heterocycles. The Labute approximate surface area is 626 Å². The molecule has 0 aliphatic carbocycles. The zero-order chi connectivity index (χ0) is 74.9. The van der Waals surface area contributed by atoms with Crippen molar-refractivity contribution in [3.63, 3.8) is 0 Å². The van der Waals surface area contributed by atoms with Gasteiger partial charge in [0, 0.05) is 25.7 Å². The van der Waals surface area contributed by atoms with Crippen molar-refractivity contribution < 1.29 is 80.2 Å². The first-order chi connectivity index (χ1) is 49.4. The lowest BCUT2D eigenvalue weighted by molar-refractivity contribution is -0.161.